The molecule has 0 heterocycles. The van der Waals surface area contributed by atoms with Gasteiger partial charge in [-0.05, 0) is 33.6 Å². The van der Waals surface area contributed by atoms with Gasteiger partial charge in [-0.1, -0.05) is 24.8 Å². The first-order valence-electron chi connectivity index (χ1n) is 6.51. The summed E-state index contributed by atoms with van der Waals surface area (Å²) in [5.74, 6) is 0. The maximum atomic E-state index is 13.0. The Balaban J connectivity index is 3.06. The van der Waals surface area contributed by atoms with Crippen LogP contribution >= 0.6 is 31.1 Å². The van der Waals surface area contributed by atoms with E-state index in [0.29, 0.717) is 6.42 Å². The number of hydrogen-bond acceptors (Lipinski definition) is 5. The lowest BCUT2D eigenvalue weighted by molar-refractivity contribution is 0.219. The van der Waals surface area contributed by atoms with Crippen molar-refractivity contribution >= 4 is 31.1 Å². The van der Waals surface area contributed by atoms with E-state index in [1.165, 1.54) is 26.2 Å². The van der Waals surface area contributed by atoms with Crippen LogP contribution in [0.2, 0.25) is 0 Å². The molecule has 0 radical (unpaired) electrons. The van der Waals surface area contributed by atoms with Crippen LogP contribution in [0, 0.1) is 0 Å². The minimum atomic E-state index is -3.29. The summed E-state index contributed by atoms with van der Waals surface area (Å²) in [6.07, 6.45) is 3.53. The average molecular weight is 330 g/mol. The monoisotopic (exact) mass is 329 g/mol. The molecule has 0 aromatic rings. The second-order valence-corrected chi connectivity index (χ2v) is 10.5. The normalized spacial score (nSPS) is 29.5. The molecule has 0 saturated heterocycles. The third kappa shape index (κ3) is 3.90. The molecular weight excluding hydrogens is 305 g/mol. The molecule has 1 aliphatic carbocycles. The van der Waals surface area contributed by atoms with E-state index in [1.54, 1.807) is 0 Å². The highest BCUT2D eigenvalue weighted by molar-refractivity contribution is 7.99. The number of nitrogens with one attached hydrogen (secondary N) is 1. The number of rotatable bonds is 5. The molecular formula is C12H25ClNO3PS. The highest BCUT2D eigenvalue weighted by Crippen LogP contribution is 2.64. The maximum Gasteiger partial charge on any atom is 0.352 e. The lowest BCUT2D eigenvalue weighted by atomic mass is 9.95. The fourth-order valence-corrected chi connectivity index (χ4v) is 5.99. The van der Waals surface area contributed by atoms with Gasteiger partial charge < -0.3 is 9.05 Å². The molecule has 0 spiro atoms. The minimum Gasteiger partial charge on any atom is -0.311 e. The zero-order valence-electron chi connectivity index (χ0n) is 12.4. The fraction of sp³-hybridized carbons (Fsp3) is 1.00. The first-order valence-corrected chi connectivity index (χ1v) is 9.31. The molecule has 0 aliphatic heterocycles. The Kier molecular flexibility index (Phi) is 6.25. The largest absolute Gasteiger partial charge is 0.352 e. The summed E-state index contributed by atoms with van der Waals surface area (Å²) in [4.78, 5) is 0. The molecule has 2 atom stereocenters. The zero-order valence-corrected chi connectivity index (χ0v) is 14.8. The summed E-state index contributed by atoms with van der Waals surface area (Å²) in [7, 11) is -0.445. The minimum absolute atomic E-state index is 0.00658. The molecule has 4 nitrogen and oxygen atoms in total. The van der Waals surface area contributed by atoms with Crippen molar-refractivity contribution in [1.82, 2.24) is 4.72 Å². The van der Waals surface area contributed by atoms with E-state index in [1.807, 2.05) is 0 Å². The molecule has 7 heteroatoms. The Bertz CT molecular complexity index is 342. The van der Waals surface area contributed by atoms with Crippen LogP contribution in [0.25, 0.3) is 0 Å². The Hall–Kier alpha value is 0.750. The number of hydrogen-bond donors (Lipinski definition) is 1. The lowest BCUT2D eigenvalue weighted by Gasteiger charge is -2.45. The molecule has 114 valence electrons. The van der Waals surface area contributed by atoms with Gasteiger partial charge in [0.1, 0.15) is 5.28 Å². The summed E-state index contributed by atoms with van der Waals surface area (Å²) in [5, 5.41) is -1.07. The Morgan fingerprint density at radius 1 is 1.32 bits per heavy atom. The third-order valence-electron chi connectivity index (χ3n) is 3.29. The second kappa shape index (κ2) is 6.67. The lowest BCUT2D eigenvalue weighted by Crippen LogP contribution is -2.52. The van der Waals surface area contributed by atoms with Crippen molar-refractivity contribution in [1.29, 1.82) is 0 Å². The average Bonchev–Trinajstić information content (AvgIpc) is 2.36. The summed E-state index contributed by atoms with van der Waals surface area (Å²) >= 11 is 8.04. The maximum absolute atomic E-state index is 13.0. The van der Waals surface area contributed by atoms with E-state index in [2.05, 4.69) is 25.5 Å². The van der Waals surface area contributed by atoms with Gasteiger partial charge in [0, 0.05) is 19.0 Å². The van der Waals surface area contributed by atoms with Gasteiger partial charge in [0.2, 0.25) is 0 Å². The standard InChI is InChI=1S/C12H25ClNO3PS/c1-11(2,3)19-14-12(18(15,16-4)17-5)9-7-6-8-10(12)13/h10,14H,6-9H2,1-5H3/t10?,12-/m1/s1. The zero-order chi connectivity index (χ0) is 14.7. The molecule has 1 N–H and O–H groups in total. The van der Waals surface area contributed by atoms with Crippen molar-refractivity contribution < 1.29 is 13.6 Å². The summed E-state index contributed by atoms with van der Waals surface area (Å²) in [6.45, 7) is 6.28. The quantitative estimate of drug-likeness (QED) is 0.460. The van der Waals surface area contributed by atoms with Gasteiger partial charge in [0.15, 0.2) is 0 Å². The van der Waals surface area contributed by atoms with E-state index >= 15 is 0 Å². The number of halogens is 1. The molecule has 19 heavy (non-hydrogen) atoms. The Morgan fingerprint density at radius 3 is 2.32 bits per heavy atom. The van der Waals surface area contributed by atoms with Crippen molar-refractivity contribution in [3.05, 3.63) is 0 Å². The van der Waals surface area contributed by atoms with E-state index in [4.69, 9.17) is 20.6 Å². The molecule has 1 fully saturated rings. The summed E-state index contributed by atoms with van der Waals surface area (Å²) < 4.78 is 26.8. The fourth-order valence-electron chi connectivity index (χ4n) is 2.23. The van der Waals surface area contributed by atoms with Gasteiger partial charge in [0.25, 0.3) is 0 Å². The highest BCUT2D eigenvalue weighted by Gasteiger charge is 2.56. The van der Waals surface area contributed by atoms with Gasteiger partial charge in [-0.2, -0.15) is 0 Å². The van der Waals surface area contributed by atoms with Gasteiger partial charge in [0.05, 0.1) is 5.38 Å². The van der Waals surface area contributed by atoms with Crippen LogP contribution in [0.5, 0.6) is 0 Å². The Morgan fingerprint density at radius 2 is 1.89 bits per heavy atom. The van der Waals surface area contributed by atoms with E-state index in [9.17, 15) is 4.57 Å². The summed E-state index contributed by atoms with van der Waals surface area (Å²) in [6, 6.07) is 0. The van der Waals surface area contributed by atoms with Gasteiger partial charge in [-0.25, -0.2) is 4.72 Å². The molecule has 1 unspecified atom stereocenters. The first kappa shape index (κ1) is 17.8. The van der Waals surface area contributed by atoms with Crippen molar-refractivity contribution in [2.24, 2.45) is 0 Å². The van der Waals surface area contributed by atoms with Crippen molar-refractivity contribution in [3.63, 3.8) is 0 Å². The third-order valence-corrected chi connectivity index (χ3v) is 7.85. The molecule has 0 amide bonds. The van der Waals surface area contributed by atoms with Gasteiger partial charge in [-0.3, -0.25) is 4.57 Å². The van der Waals surface area contributed by atoms with Crippen LogP contribution in [0.3, 0.4) is 0 Å². The summed E-state index contributed by atoms with van der Waals surface area (Å²) in [5.41, 5.74) is 0. The van der Waals surface area contributed by atoms with Crippen LogP contribution in [0.1, 0.15) is 46.5 Å². The molecule has 0 aromatic carbocycles. The van der Waals surface area contributed by atoms with Crippen LogP contribution in [0.4, 0.5) is 0 Å². The topological polar surface area (TPSA) is 47.6 Å². The van der Waals surface area contributed by atoms with Crippen LogP contribution in [0.15, 0.2) is 0 Å². The van der Waals surface area contributed by atoms with Crippen molar-refractivity contribution in [2.45, 2.75) is 61.9 Å². The van der Waals surface area contributed by atoms with Crippen LogP contribution < -0.4 is 4.72 Å². The molecule has 0 bridgehead atoms. The smallest absolute Gasteiger partial charge is 0.311 e. The van der Waals surface area contributed by atoms with Crippen LogP contribution in [-0.4, -0.2) is 29.6 Å². The predicted octanol–water partition coefficient (Wildman–Crippen LogP) is 4.39. The first-order chi connectivity index (χ1) is 8.71. The molecule has 0 aromatic heterocycles. The second-order valence-electron chi connectivity index (χ2n) is 5.82. The van der Waals surface area contributed by atoms with E-state index < -0.39 is 12.9 Å². The predicted molar refractivity (Wildman–Crippen MR) is 82.9 cm³/mol. The molecule has 1 aliphatic rings. The van der Waals surface area contributed by atoms with Crippen LogP contribution in [-0.2, 0) is 13.6 Å². The molecule has 1 rings (SSSR count). The van der Waals surface area contributed by atoms with E-state index in [0.717, 1.165) is 19.3 Å². The molecule has 1 saturated carbocycles. The Labute approximate surface area is 126 Å². The highest BCUT2D eigenvalue weighted by atomic mass is 35.5. The van der Waals surface area contributed by atoms with Gasteiger partial charge >= 0.3 is 7.60 Å². The van der Waals surface area contributed by atoms with Crippen molar-refractivity contribution in [3.8, 4) is 0 Å². The SMILES string of the molecule is COP(=O)(OC)[C@]1(NSC(C)(C)C)CCCCC1Cl. The number of alkyl halides is 1. The van der Waals surface area contributed by atoms with Gasteiger partial charge in [-0.15, -0.1) is 11.6 Å². The van der Waals surface area contributed by atoms with Crippen molar-refractivity contribution in [2.75, 3.05) is 14.2 Å². The van der Waals surface area contributed by atoms with E-state index in [-0.39, 0.29) is 10.1 Å².